The van der Waals surface area contributed by atoms with Crippen LogP contribution in [-0.4, -0.2) is 41.5 Å². The third-order valence-corrected chi connectivity index (χ3v) is 8.45. The molecule has 3 N–H and O–H groups in total. The lowest BCUT2D eigenvalue weighted by atomic mass is 9.70. The highest BCUT2D eigenvalue weighted by molar-refractivity contribution is 5.70. The quantitative estimate of drug-likeness (QED) is 0.263. The Bertz CT molecular complexity index is 1910. The minimum atomic E-state index is -2.00. The van der Waals surface area contributed by atoms with Crippen LogP contribution >= 0.6 is 0 Å². The molecule has 9 heteroatoms. The van der Waals surface area contributed by atoms with Crippen molar-refractivity contribution in [3.8, 4) is 40.1 Å². The molecule has 1 aromatic heterocycles. The predicted octanol–water partition coefficient (Wildman–Crippen LogP) is 4.84. The van der Waals surface area contributed by atoms with E-state index in [1.807, 2.05) is 42.5 Å². The Labute approximate surface area is 246 Å². The highest BCUT2D eigenvalue weighted by atomic mass is 16.5. The van der Waals surface area contributed by atoms with Gasteiger partial charge in [0.2, 0.25) is 0 Å². The molecule has 0 radical (unpaired) electrons. The van der Waals surface area contributed by atoms with Gasteiger partial charge in [-0.15, -0.1) is 0 Å². The lowest BCUT2D eigenvalue weighted by Crippen LogP contribution is -2.49. The number of aliphatic hydroxyl groups is 1. The van der Waals surface area contributed by atoms with Crippen molar-refractivity contribution < 1.29 is 29.2 Å². The van der Waals surface area contributed by atoms with Crippen LogP contribution < -0.4 is 24.5 Å². The second kappa shape index (κ2) is 9.64. The highest BCUT2D eigenvalue weighted by Crippen LogP contribution is 2.69. The van der Waals surface area contributed by atoms with Crippen LogP contribution in [0.15, 0.2) is 95.8 Å². The summed E-state index contributed by atoms with van der Waals surface area (Å²) in [5, 5.41) is 23.2. The third-order valence-electron chi connectivity index (χ3n) is 8.45. The number of aromatic amines is 1. The Kier molecular flexibility index (Phi) is 5.96. The van der Waals surface area contributed by atoms with Gasteiger partial charge in [-0.3, -0.25) is 4.79 Å². The maximum Gasteiger partial charge on any atom is 0.255 e. The molecule has 0 fully saturated rings. The van der Waals surface area contributed by atoms with Crippen LogP contribution in [0, 0.1) is 0 Å². The molecule has 9 nitrogen and oxygen atoms in total. The summed E-state index contributed by atoms with van der Waals surface area (Å²) in [5.74, 6) is 1.27. The number of aromatic nitrogens is 2. The van der Waals surface area contributed by atoms with E-state index in [2.05, 4.69) is 4.98 Å². The number of rotatable bonds is 6. The van der Waals surface area contributed by atoms with E-state index in [9.17, 15) is 15.0 Å². The summed E-state index contributed by atoms with van der Waals surface area (Å²) >= 11 is 0. The molecule has 0 amide bonds. The number of fused-ring (bicyclic) bond motifs is 5. The average Bonchev–Trinajstić information content (AvgIpc) is 3.44. The van der Waals surface area contributed by atoms with Crippen molar-refractivity contribution >= 4 is 0 Å². The number of methoxy groups -OCH3 is 3. The summed E-state index contributed by atoms with van der Waals surface area (Å²) in [6.45, 7) is 0. The molecule has 3 atom stereocenters. The van der Waals surface area contributed by atoms with E-state index in [0.29, 0.717) is 39.7 Å². The first-order valence-electron chi connectivity index (χ1n) is 13.7. The number of aromatic hydroxyl groups is 1. The Hall–Kier alpha value is -5.28. The summed E-state index contributed by atoms with van der Waals surface area (Å²) in [6, 6.07) is 26.4. The smallest absolute Gasteiger partial charge is 0.255 e. The van der Waals surface area contributed by atoms with Crippen molar-refractivity contribution in [1.82, 2.24) is 9.97 Å². The minimum absolute atomic E-state index is 0.0744. The molecular weight excluding hydrogens is 548 g/mol. The number of hydrogen-bond donors (Lipinski definition) is 3. The van der Waals surface area contributed by atoms with E-state index >= 15 is 0 Å². The molecule has 2 heterocycles. The van der Waals surface area contributed by atoms with E-state index in [1.54, 1.807) is 43.5 Å². The summed E-state index contributed by atoms with van der Waals surface area (Å²) < 4.78 is 23.8. The number of H-pyrrole nitrogens is 1. The fraction of sp³-hybridized carbons (Fsp3) is 0.176. The molecule has 7 rings (SSSR count). The summed E-state index contributed by atoms with van der Waals surface area (Å²) in [4.78, 5) is 22.1. The summed E-state index contributed by atoms with van der Waals surface area (Å²) in [6.07, 6.45) is 0. The maximum absolute atomic E-state index is 14.2. The van der Waals surface area contributed by atoms with Gasteiger partial charge in [0, 0.05) is 23.3 Å². The van der Waals surface area contributed by atoms with Crippen LogP contribution in [0.3, 0.4) is 0 Å². The zero-order valence-electron chi connectivity index (χ0n) is 23.6. The highest BCUT2D eigenvalue weighted by Gasteiger charge is 2.73. The van der Waals surface area contributed by atoms with E-state index < -0.39 is 22.7 Å². The molecule has 2 aliphatic rings. The largest absolute Gasteiger partial charge is 0.508 e. The van der Waals surface area contributed by atoms with Gasteiger partial charge in [0.1, 0.15) is 34.6 Å². The zero-order chi connectivity index (χ0) is 29.9. The maximum atomic E-state index is 14.2. The van der Waals surface area contributed by atoms with Crippen LogP contribution in [0.2, 0.25) is 0 Å². The fourth-order valence-corrected chi connectivity index (χ4v) is 6.58. The molecule has 0 spiro atoms. The first-order chi connectivity index (χ1) is 20.8. The Morgan fingerprint density at radius 2 is 1.56 bits per heavy atom. The molecule has 1 aliphatic carbocycles. The predicted molar refractivity (Wildman–Crippen MR) is 158 cm³/mol. The van der Waals surface area contributed by atoms with Gasteiger partial charge in [-0.25, -0.2) is 4.98 Å². The fourth-order valence-electron chi connectivity index (χ4n) is 6.58. The summed E-state index contributed by atoms with van der Waals surface area (Å²) in [5.41, 5.74) is -1.34. The van der Waals surface area contributed by atoms with Crippen LogP contribution in [0.5, 0.6) is 28.7 Å². The molecular formula is C34H28N2O7. The lowest BCUT2D eigenvalue weighted by Gasteiger charge is -2.40. The SMILES string of the molecule is COc1ccc([C@@]23Oc4cc(OC)cc(OC)c4C2(O)c2nc(-c4ccc(O)cc4)[nH]c(=O)c2C3c2ccccc2)cc1. The van der Waals surface area contributed by atoms with Crippen molar-refractivity contribution in [3.63, 3.8) is 0 Å². The van der Waals surface area contributed by atoms with Crippen LogP contribution in [0.25, 0.3) is 11.4 Å². The number of nitrogens with one attached hydrogen (secondary N) is 1. The Morgan fingerprint density at radius 3 is 2.21 bits per heavy atom. The van der Waals surface area contributed by atoms with Crippen molar-refractivity contribution in [2.75, 3.05) is 21.3 Å². The number of ether oxygens (including phenoxy) is 4. The zero-order valence-corrected chi connectivity index (χ0v) is 23.6. The van der Waals surface area contributed by atoms with Gasteiger partial charge in [0.25, 0.3) is 5.56 Å². The molecule has 4 aromatic carbocycles. The third kappa shape index (κ3) is 3.61. The van der Waals surface area contributed by atoms with Crippen molar-refractivity contribution in [2.24, 2.45) is 0 Å². The van der Waals surface area contributed by atoms with Crippen LogP contribution in [0.1, 0.15) is 33.9 Å². The number of phenolic OH excluding ortho intramolecular Hbond substituents is 1. The normalized spacial score (nSPS) is 21.3. The van der Waals surface area contributed by atoms with E-state index in [-0.39, 0.29) is 22.8 Å². The van der Waals surface area contributed by atoms with Gasteiger partial charge < -0.3 is 34.1 Å². The standard InChI is InChI=1S/C34H28N2O7/c1-40-23-15-11-21(12-16-23)34-28(19-7-5-4-6-8-19)27-30(35-31(36-32(27)38)20-9-13-22(37)14-10-20)33(34,39)29-25(42-3)17-24(41-2)18-26(29)43-34/h4-18,28,37,39H,1-3H3,(H,35,36,38)/t28?,33?,34-/m0/s1. The van der Waals surface area contributed by atoms with Crippen molar-refractivity contribution in [1.29, 1.82) is 0 Å². The van der Waals surface area contributed by atoms with Gasteiger partial charge in [-0.05, 0) is 42.0 Å². The van der Waals surface area contributed by atoms with Crippen LogP contribution in [0.4, 0.5) is 0 Å². The molecule has 0 bridgehead atoms. The van der Waals surface area contributed by atoms with Gasteiger partial charge in [0.15, 0.2) is 11.2 Å². The topological polar surface area (TPSA) is 123 Å². The number of hydrogen-bond acceptors (Lipinski definition) is 8. The molecule has 43 heavy (non-hydrogen) atoms. The minimum Gasteiger partial charge on any atom is -0.508 e. The Morgan fingerprint density at radius 1 is 0.860 bits per heavy atom. The van der Waals surface area contributed by atoms with Gasteiger partial charge in [-0.2, -0.15) is 0 Å². The molecule has 5 aromatic rings. The van der Waals surface area contributed by atoms with E-state index in [0.717, 1.165) is 5.56 Å². The second-order valence-corrected chi connectivity index (χ2v) is 10.5. The molecule has 1 aliphatic heterocycles. The summed E-state index contributed by atoms with van der Waals surface area (Å²) in [7, 11) is 4.62. The monoisotopic (exact) mass is 576 g/mol. The number of phenols is 1. The van der Waals surface area contributed by atoms with Crippen molar-refractivity contribution in [3.05, 3.63) is 129 Å². The molecule has 2 unspecified atom stereocenters. The lowest BCUT2D eigenvalue weighted by molar-refractivity contribution is -0.0909. The number of benzene rings is 4. The molecule has 216 valence electrons. The van der Waals surface area contributed by atoms with Crippen molar-refractivity contribution in [2.45, 2.75) is 17.1 Å². The second-order valence-electron chi connectivity index (χ2n) is 10.5. The molecule has 0 saturated heterocycles. The van der Waals surface area contributed by atoms with E-state index in [1.165, 1.54) is 26.4 Å². The number of nitrogens with zero attached hydrogens (tertiary/aromatic N) is 1. The van der Waals surface area contributed by atoms with Gasteiger partial charge in [0.05, 0.1) is 44.1 Å². The van der Waals surface area contributed by atoms with Crippen LogP contribution in [-0.2, 0) is 11.2 Å². The first kappa shape index (κ1) is 26.6. The first-order valence-corrected chi connectivity index (χ1v) is 13.7. The van der Waals surface area contributed by atoms with E-state index in [4.69, 9.17) is 23.9 Å². The molecule has 0 saturated carbocycles. The van der Waals surface area contributed by atoms with Gasteiger partial charge in [-0.1, -0.05) is 42.5 Å². The average molecular weight is 577 g/mol. The van der Waals surface area contributed by atoms with Gasteiger partial charge >= 0.3 is 0 Å². The Balaban J connectivity index is 1.63.